The van der Waals surface area contributed by atoms with Crippen LogP contribution in [0.1, 0.15) is 12.0 Å². The Morgan fingerprint density at radius 2 is 2.14 bits per heavy atom. The quantitative estimate of drug-likeness (QED) is 0.914. The van der Waals surface area contributed by atoms with Crippen LogP contribution < -0.4 is 4.90 Å². The van der Waals surface area contributed by atoms with Gasteiger partial charge in [0.05, 0.1) is 19.7 Å². The molecular formula is C15H18F2N2O2. The molecular weight excluding hydrogens is 278 g/mol. The number of alkyl halides is 2. The lowest BCUT2D eigenvalue weighted by molar-refractivity contribution is -0.120. The van der Waals surface area contributed by atoms with Crippen LogP contribution in [-0.4, -0.2) is 54.1 Å². The van der Waals surface area contributed by atoms with Gasteiger partial charge in [-0.25, -0.2) is 8.78 Å². The minimum Gasteiger partial charge on any atom is -0.395 e. The summed E-state index contributed by atoms with van der Waals surface area (Å²) in [4.78, 5) is 15.4. The van der Waals surface area contributed by atoms with E-state index in [4.69, 9.17) is 0 Å². The molecule has 6 heteroatoms. The normalized spacial score (nSPS) is 24.3. The van der Waals surface area contributed by atoms with Gasteiger partial charge in [-0.2, -0.15) is 0 Å². The largest absolute Gasteiger partial charge is 0.395 e. The number of para-hydroxylation sites is 1. The molecule has 2 aliphatic rings. The van der Waals surface area contributed by atoms with Crippen molar-refractivity contribution >= 4 is 11.6 Å². The number of anilines is 1. The van der Waals surface area contributed by atoms with Gasteiger partial charge in [0, 0.05) is 24.7 Å². The molecule has 1 amide bonds. The Kier molecular flexibility index (Phi) is 3.67. The highest BCUT2D eigenvalue weighted by atomic mass is 19.3. The fourth-order valence-electron chi connectivity index (χ4n) is 3.19. The van der Waals surface area contributed by atoms with E-state index in [-0.39, 0.29) is 25.5 Å². The number of rotatable bonds is 3. The number of hydrogen-bond acceptors (Lipinski definition) is 3. The van der Waals surface area contributed by atoms with Gasteiger partial charge in [-0.1, -0.05) is 18.2 Å². The maximum atomic E-state index is 13.4. The Morgan fingerprint density at radius 1 is 1.38 bits per heavy atom. The summed E-state index contributed by atoms with van der Waals surface area (Å²) in [5.74, 6) is -3.01. The number of likely N-dealkylation sites (tertiary alicyclic amines) is 1. The van der Waals surface area contributed by atoms with E-state index in [9.17, 15) is 18.7 Å². The molecule has 2 aliphatic heterocycles. The van der Waals surface area contributed by atoms with Crippen LogP contribution in [0.2, 0.25) is 0 Å². The SMILES string of the molecule is O=C(CN1CC(F)(F)CC1CO)N1CCc2ccccc21. The Bertz CT molecular complexity index is 550. The first-order chi connectivity index (χ1) is 10.00. The van der Waals surface area contributed by atoms with Gasteiger partial charge in [0.2, 0.25) is 5.91 Å². The molecule has 0 bridgehead atoms. The molecule has 0 aromatic heterocycles. The first kappa shape index (κ1) is 14.4. The van der Waals surface area contributed by atoms with E-state index in [0.717, 1.165) is 17.7 Å². The number of carbonyl (C=O) groups excluding carboxylic acids is 1. The van der Waals surface area contributed by atoms with E-state index < -0.39 is 18.5 Å². The van der Waals surface area contributed by atoms with Gasteiger partial charge in [-0.3, -0.25) is 9.69 Å². The number of hydrogen-bond donors (Lipinski definition) is 1. The third-order valence-electron chi connectivity index (χ3n) is 4.22. The van der Waals surface area contributed by atoms with Gasteiger partial charge >= 0.3 is 0 Å². The lowest BCUT2D eigenvalue weighted by Crippen LogP contribution is -2.43. The van der Waals surface area contributed by atoms with Crippen LogP contribution in [0.4, 0.5) is 14.5 Å². The van der Waals surface area contributed by atoms with Crippen molar-refractivity contribution in [2.24, 2.45) is 0 Å². The van der Waals surface area contributed by atoms with E-state index in [1.54, 1.807) is 4.90 Å². The van der Waals surface area contributed by atoms with Crippen LogP contribution >= 0.6 is 0 Å². The van der Waals surface area contributed by atoms with Crippen molar-refractivity contribution in [1.82, 2.24) is 4.90 Å². The fraction of sp³-hybridized carbons (Fsp3) is 0.533. The van der Waals surface area contributed by atoms with Crippen LogP contribution in [0.5, 0.6) is 0 Å². The summed E-state index contributed by atoms with van der Waals surface area (Å²) in [5.41, 5.74) is 1.98. The zero-order valence-corrected chi connectivity index (χ0v) is 11.6. The molecule has 1 aromatic rings. The molecule has 1 unspecified atom stereocenters. The summed E-state index contributed by atoms with van der Waals surface area (Å²) < 4.78 is 26.8. The highest BCUT2D eigenvalue weighted by molar-refractivity contribution is 5.96. The fourth-order valence-corrected chi connectivity index (χ4v) is 3.19. The Balaban J connectivity index is 1.70. The molecule has 0 radical (unpaired) electrons. The van der Waals surface area contributed by atoms with Gasteiger partial charge < -0.3 is 10.0 Å². The third-order valence-corrected chi connectivity index (χ3v) is 4.22. The molecule has 1 fully saturated rings. The van der Waals surface area contributed by atoms with E-state index >= 15 is 0 Å². The first-order valence-corrected chi connectivity index (χ1v) is 7.11. The maximum Gasteiger partial charge on any atom is 0.262 e. The van der Waals surface area contributed by atoms with Crippen LogP contribution in [0, 0.1) is 0 Å². The summed E-state index contributed by atoms with van der Waals surface area (Å²) in [5, 5.41) is 9.20. The zero-order valence-electron chi connectivity index (χ0n) is 11.6. The van der Waals surface area contributed by atoms with Crippen molar-refractivity contribution in [2.45, 2.75) is 24.8 Å². The van der Waals surface area contributed by atoms with Crippen molar-refractivity contribution in [3.8, 4) is 0 Å². The molecule has 0 aliphatic carbocycles. The highest BCUT2D eigenvalue weighted by Gasteiger charge is 2.45. The molecule has 114 valence electrons. The van der Waals surface area contributed by atoms with Gasteiger partial charge in [0.25, 0.3) is 5.92 Å². The van der Waals surface area contributed by atoms with E-state index in [1.165, 1.54) is 4.90 Å². The summed E-state index contributed by atoms with van der Waals surface area (Å²) >= 11 is 0. The molecule has 1 saturated heterocycles. The highest BCUT2D eigenvalue weighted by Crippen LogP contribution is 2.32. The predicted octanol–water partition coefficient (Wildman–Crippen LogP) is 1.28. The lowest BCUT2D eigenvalue weighted by atomic mass is 10.2. The van der Waals surface area contributed by atoms with Gasteiger partial charge in [-0.05, 0) is 18.1 Å². The molecule has 2 heterocycles. The van der Waals surface area contributed by atoms with Crippen molar-refractivity contribution < 1.29 is 18.7 Å². The molecule has 21 heavy (non-hydrogen) atoms. The second kappa shape index (κ2) is 5.35. The number of amides is 1. The van der Waals surface area contributed by atoms with E-state index in [1.807, 2.05) is 24.3 Å². The van der Waals surface area contributed by atoms with Crippen molar-refractivity contribution in [3.05, 3.63) is 29.8 Å². The minimum atomic E-state index is -2.82. The van der Waals surface area contributed by atoms with Crippen LogP contribution in [0.3, 0.4) is 0 Å². The second-order valence-corrected chi connectivity index (χ2v) is 5.73. The number of benzene rings is 1. The molecule has 1 N–H and O–H groups in total. The molecule has 3 rings (SSSR count). The van der Waals surface area contributed by atoms with Gasteiger partial charge in [0.1, 0.15) is 0 Å². The topological polar surface area (TPSA) is 43.8 Å². The van der Waals surface area contributed by atoms with Crippen LogP contribution in [0.15, 0.2) is 24.3 Å². The first-order valence-electron chi connectivity index (χ1n) is 7.11. The molecule has 1 aromatic carbocycles. The number of nitrogens with zero attached hydrogens (tertiary/aromatic N) is 2. The van der Waals surface area contributed by atoms with Crippen molar-refractivity contribution in [2.75, 3.05) is 31.1 Å². The summed E-state index contributed by atoms with van der Waals surface area (Å²) in [6, 6.07) is 7.01. The summed E-state index contributed by atoms with van der Waals surface area (Å²) in [6.45, 7) is -0.291. The Morgan fingerprint density at radius 3 is 2.90 bits per heavy atom. The van der Waals surface area contributed by atoms with Gasteiger partial charge in [-0.15, -0.1) is 0 Å². The molecule has 4 nitrogen and oxygen atoms in total. The van der Waals surface area contributed by atoms with Crippen molar-refractivity contribution in [1.29, 1.82) is 0 Å². The van der Waals surface area contributed by atoms with Crippen LogP contribution in [-0.2, 0) is 11.2 Å². The number of aliphatic hydroxyl groups excluding tert-OH is 1. The van der Waals surface area contributed by atoms with Crippen molar-refractivity contribution in [3.63, 3.8) is 0 Å². The minimum absolute atomic E-state index is 0.0743. The molecule has 1 atom stereocenters. The standard InChI is InChI=1S/C15H18F2N2O2/c16-15(17)7-12(9-20)18(10-15)8-14(21)19-6-5-11-3-1-2-4-13(11)19/h1-4,12,20H,5-10H2. The van der Waals surface area contributed by atoms with Gasteiger partial charge in [0.15, 0.2) is 0 Å². The molecule has 0 saturated carbocycles. The Labute approximate surface area is 122 Å². The zero-order chi connectivity index (χ0) is 15.0. The average molecular weight is 296 g/mol. The number of aliphatic hydroxyl groups is 1. The monoisotopic (exact) mass is 296 g/mol. The Hall–Kier alpha value is -1.53. The number of carbonyl (C=O) groups is 1. The average Bonchev–Trinajstić information content (AvgIpc) is 2.99. The molecule has 0 spiro atoms. The predicted molar refractivity (Wildman–Crippen MR) is 74.5 cm³/mol. The maximum absolute atomic E-state index is 13.4. The second-order valence-electron chi connectivity index (χ2n) is 5.73. The van der Waals surface area contributed by atoms with Crippen LogP contribution in [0.25, 0.3) is 0 Å². The third kappa shape index (κ3) is 2.78. The summed E-state index contributed by atoms with van der Waals surface area (Å²) in [6.07, 6.45) is 0.412. The number of halogens is 2. The lowest BCUT2D eigenvalue weighted by Gasteiger charge is -2.25. The smallest absolute Gasteiger partial charge is 0.262 e. The van der Waals surface area contributed by atoms with E-state index in [2.05, 4.69) is 0 Å². The summed E-state index contributed by atoms with van der Waals surface area (Å²) in [7, 11) is 0. The van der Waals surface area contributed by atoms with E-state index in [0.29, 0.717) is 6.54 Å². The number of fused-ring (bicyclic) bond motifs is 1.